The van der Waals surface area contributed by atoms with Crippen LogP contribution in [0.4, 0.5) is 43.9 Å². The molecule has 0 atom stereocenters. The van der Waals surface area contributed by atoms with E-state index in [1.54, 1.807) is 23.6 Å². The van der Waals surface area contributed by atoms with Crippen LogP contribution in [-0.4, -0.2) is 42.2 Å². The average Bonchev–Trinajstić information content (AvgIpc) is 3.05. The van der Waals surface area contributed by atoms with Crippen LogP contribution in [0.2, 0.25) is 0 Å². The van der Waals surface area contributed by atoms with E-state index in [-0.39, 0.29) is 5.39 Å². The molecule has 0 amide bonds. The number of hydrogen-bond donors (Lipinski definition) is 0. The Kier molecular flexibility index (Phi) is 6.28. The van der Waals surface area contributed by atoms with Crippen molar-refractivity contribution < 1.29 is 56.6 Å². The second kappa shape index (κ2) is 8.27. The summed E-state index contributed by atoms with van der Waals surface area (Å²) in [5.41, 5.74) is -9.32. The summed E-state index contributed by atoms with van der Waals surface area (Å²) in [6.45, 7) is 2.01. The summed E-state index contributed by atoms with van der Waals surface area (Å²) in [5, 5.41) is 2.34. The Morgan fingerprint density at radius 3 is 2.00 bits per heavy atom. The van der Waals surface area contributed by atoms with Gasteiger partial charge < -0.3 is 4.57 Å². The quantitative estimate of drug-likeness (QED) is 0.162. The van der Waals surface area contributed by atoms with Crippen molar-refractivity contribution in [3.05, 3.63) is 48.0 Å². The van der Waals surface area contributed by atoms with Crippen molar-refractivity contribution >= 4 is 37.6 Å². The minimum absolute atomic E-state index is 0.0393. The van der Waals surface area contributed by atoms with Crippen LogP contribution < -0.4 is 0 Å². The fourth-order valence-electron chi connectivity index (χ4n) is 3.29. The number of halogens is 10. The summed E-state index contributed by atoms with van der Waals surface area (Å²) in [4.78, 5) is 0. The third kappa shape index (κ3) is 4.27. The number of fused-ring (bicyclic) bond motifs is 3. The summed E-state index contributed by atoms with van der Waals surface area (Å²) in [6, 6.07) is 8.47. The molecule has 16 heteroatoms. The van der Waals surface area contributed by atoms with Crippen molar-refractivity contribution in [1.29, 1.82) is 0 Å². The van der Waals surface area contributed by atoms with E-state index in [9.17, 15) is 52.3 Å². The van der Waals surface area contributed by atoms with E-state index in [2.05, 4.69) is 4.28 Å². The third-order valence-electron chi connectivity index (χ3n) is 4.92. The highest BCUT2D eigenvalue weighted by atomic mass is 32.2. The van der Waals surface area contributed by atoms with Crippen LogP contribution in [0.15, 0.2) is 47.6 Å². The lowest BCUT2D eigenvalue weighted by molar-refractivity contribution is -0.336. The number of aromatic nitrogens is 1. The molecule has 0 spiro atoms. The van der Waals surface area contributed by atoms with Gasteiger partial charge in [0.2, 0.25) is 0 Å². The molecule has 0 aliphatic carbocycles. The third-order valence-corrected chi connectivity index (χ3v) is 5.76. The van der Waals surface area contributed by atoms with Gasteiger partial charge >= 0.3 is 33.6 Å². The molecule has 192 valence electrons. The zero-order valence-electron chi connectivity index (χ0n) is 17.1. The minimum atomic E-state index is -6.89. The second-order valence-corrected chi connectivity index (χ2v) is 8.57. The van der Waals surface area contributed by atoms with Crippen LogP contribution in [0.3, 0.4) is 0 Å². The lowest BCUT2D eigenvalue weighted by Gasteiger charge is -2.28. The Bertz CT molecular complexity index is 1410. The van der Waals surface area contributed by atoms with E-state index in [4.69, 9.17) is 0 Å². The number of alkyl halides is 10. The molecule has 0 fully saturated rings. The largest absolute Gasteiger partial charge is 0.536 e. The first-order valence-corrected chi connectivity index (χ1v) is 10.7. The number of para-hydroxylation sites is 1. The molecule has 0 radical (unpaired) electrons. The molecule has 1 aromatic heterocycles. The second-order valence-electron chi connectivity index (χ2n) is 7.05. The SMILES string of the molecule is CCn1c2ccccc2c2cc(C(=NOS(=O)(=O)C(F)(F)F)C(F)(F)C(F)(F)C(F)(F)F)ccc21. The Hall–Kier alpha value is -3.04. The van der Waals surface area contributed by atoms with E-state index < -0.39 is 44.9 Å². The van der Waals surface area contributed by atoms with Gasteiger partial charge in [0.1, 0.15) is 0 Å². The van der Waals surface area contributed by atoms with Crippen molar-refractivity contribution in [2.24, 2.45) is 5.16 Å². The predicted octanol–water partition coefficient (Wildman–Crippen LogP) is 6.22. The van der Waals surface area contributed by atoms with Gasteiger partial charge in [0.05, 0.1) is 0 Å². The molecule has 35 heavy (non-hydrogen) atoms. The highest BCUT2D eigenvalue weighted by Crippen LogP contribution is 2.48. The normalized spacial score (nSPS) is 14.7. The van der Waals surface area contributed by atoms with Gasteiger partial charge in [-0.05, 0) is 25.1 Å². The molecule has 2 aromatic carbocycles. The number of oxime groups is 1. The fourth-order valence-corrected chi connectivity index (χ4v) is 3.55. The molecule has 0 unspecified atom stereocenters. The molecule has 5 nitrogen and oxygen atoms in total. The van der Waals surface area contributed by atoms with Crippen LogP contribution in [0, 0.1) is 0 Å². The first-order chi connectivity index (χ1) is 15.9. The minimum Gasteiger partial charge on any atom is -0.341 e. The van der Waals surface area contributed by atoms with E-state index >= 15 is 0 Å². The monoisotopic (exact) mass is 538 g/mol. The van der Waals surface area contributed by atoms with Gasteiger partial charge in [-0.1, -0.05) is 29.4 Å². The molecule has 3 rings (SSSR count). The molecule has 0 N–H and O–H groups in total. The highest BCUT2D eigenvalue weighted by Gasteiger charge is 2.75. The molecule has 3 aromatic rings. The van der Waals surface area contributed by atoms with E-state index in [1.807, 2.05) is 5.16 Å². The molecule has 1 heterocycles. The van der Waals surface area contributed by atoms with Crippen LogP contribution >= 0.6 is 0 Å². The van der Waals surface area contributed by atoms with Crippen molar-refractivity contribution in [1.82, 2.24) is 4.57 Å². The number of nitrogens with zero attached hydrogens (tertiary/aromatic N) is 2. The van der Waals surface area contributed by atoms with Crippen LogP contribution in [0.1, 0.15) is 12.5 Å². The number of rotatable bonds is 6. The smallest absolute Gasteiger partial charge is 0.341 e. The topological polar surface area (TPSA) is 60.7 Å². The van der Waals surface area contributed by atoms with Crippen LogP contribution in [0.25, 0.3) is 21.8 Å². The summed E-state index contributed by atoms with van der Waals surface area (Å²) < 4.78 is 159. The Morgan fingerprint density at radius 1 is 0.886 bits per heavy atom. The summed E-state index contributed by atoms with van der Waals surface area (Å²) >= 11 is 0. The molecular formula is C19H12F10N2O3S. The lowest BCUT2D eigenvalue weighted by atomic mass is 9.97. The zero-order valence-corrected chi connectivity index (χ0v) is 17.9. The summed E-state index contributed by atoms with van der Waals surface area (Å²) in [7, 11) is -6.77. The van der Waals surface area contributed by atoms with Gasteiger partial charge in [0, 0.05) is 33.9 Å². The van der Waals surface area contributed by atoms with E-state index in [1.165, 1.54) is 12.1 Å². The standard InChI is InChI=1S/C19H12F10N2O3S/c1-2-31-13-6-4-3-5-11(13)12-9-10(7-8-14(12)31)15(30-34-35(32,33)19(27,28)29)16(20,21)17(22,23)18(24,25)26/h3-9H,2H2,1H3. The summed E-state index contributed by atoms with van der Waals surface area (Å²) in [5.74, 6) is -13.2. The molecule has 0 aliphatic rings. The number of aryl methyl sites for hydroxylation is 1. The van der Waals surface area contributed by atoms with Gasteiger partial charge in [0.25, 0.3) is 0 Å². The fraction of sp³-hybridized carbons (Fsp3) is 0.316. The maximum absolute atomic E-state index is 14.5. The first kappa shape index (κ1) is 26.6. The first-order valence-electron chi connectivity index (χ1n) is 9.29. The average molecular weight is 538 g/mol. The van der Waals surface area contributed by atoms with Crippen LogP contribution in [-0.2, 0) is 20.9 Å². The molecular weight excluding hydrogens is 526 g/mol. The van der Waals surface area contributed by atoms with Gasteiger partial charge in [0.15, 0.2) is 5.71 Å². The molecule has 0 saturated carbocycles. The Morgan fingerprint density at radius 2 is 1.46 bits per heavy atom. The van der Waals surface area contributed by atoms with Crippen molar-refractivity contribution in [3.63, 3.8) is 0 Å². The number of hydrogen-bond acceptors (Lipinski definition) is 4. The highest BCUT2D eigenvalue weighted by molar-refractivity contribution is 7.87. The Balaban J connectivity index is 2.32. The predicted molar refractivity (Wildman–Crippen MR) is 104 cm³/mol. The van der Waals surface area contributed by atoms with Gasteiger partial charge in [-0.25, -0.2) is 0 Å². The van der Waals surface area contributed by atoms with E-state index in [0.717, 1.165) is 6.07 Å². The van der Waals surface area contributed by atoms with Gasteiger partial charge in [-0.15, -0.1) is 0 Å². The maximum atomic E-state index is 14.5. The lowest BCUT2D eigenvalue weighted by Crippen LogP contribution is -2.56. The Labute approximate surface area is 189 Å². The maximum Gasteiger partial charge on any atom is 0.536 e. The van der Waals surface area contributed by atoms with Gasteiger partial charge in [-0.3, -0.25) is 4.28 Å². The van der Waals surface area contributed by atoms with Crippen molar-refractivity contribution in [2.45, 2.75) is 37.0 Å². The molecule has 0 bridgehead atoms. The van der Waals surface area contributed by atoms with E-state index in [0.29, 0.717) is 35.1 Å². The van der Waals surface area contributed by atoms with Crippen LogP contribution in [0.5, 0.6) is 0 Å². The molecule has 0 saturated heterocycles. The van der Waals surface area contributed by atoms with Gasteiger partial charge in [-0.2, -0.15) is 52.3 Å². The summed E-state index contributed by atoms with van der Waals surface area (Å²) in [6.07, 6.45) is -6.89. The molecule has 0 aliphatic heterocycles. The van der Waals surface area contributed by atoms with Crippen molar-refractivity contribution in [3.8, 4) is 0 Å². The van der Waals surface area contributed by atoms with Crippen molar-refractivity contribution in [2.75, 3.05) is 0 Å². The zero-order chi connectivity index (χ0) is 26.6. The number of benzene rings is 2.